The minimum absolute atomic E-state index is 0.00559. The maximum absolute atomic E-state index is 12.2. The Hall–Kier alpha value is -1.58. The molecule has 1 aliphatic heterocycles. The first-order valence-corrected chi connectivity index (χ1v) is 6.43. The van der Waals surface area contributed by atoms with E-state index in [0.717, 1.165) is 25.9 Å². The number of amides is 1. The van der Waals surface area contributed by atoms with Gasteiger partial charge < -0.3 is 10.0 Å². The van der Waals surface area contributed by atoms with Crippen LogP contribution in [0.25, 0.3) is 0 Å². The number of aliphatic carboxylic acids is 1. The highest BCUT2D eigenvalue weighted by molar-refractivity contribution is 5.96. The summed E-state index contributed by atoms with van der Waals surface area (Å²) in [6, 6.07) is 0. The monoisotopic (exact) mass is 251 g/mol. The van der Waals surface area contributed by atoms with Crippen LogP contribution in [-0.4, -0.2) is 35.0 Å². The number of likely N-dealkylation sites (tertiary alicyclic amines) is 1. The van der Waals surface area contributed by atoms with Crippen molar-refractivity contribution in [1.82, 2.24) is 4.90 Å². The molecule has 1 aliphatic rings. The lowest BCUT2D eigenvalue weighted by Crippen LogP contribution is -2.36. The normalized spacial score (nSPS) is 19.0. The second-order valence-corrected chi connectivity index (χ2v) is 4.58. The lowest BCUT2D eigenvalue weighted by molar-refractivity contribution is -0.139. The first-order chi connectivity index (χ1) is 8.56. The van der Waals surface area contributed by atoms with Gasteiger partial charge in [-0.2, -0.15) is 0 Å². The number of carbonyl (C=O) groups excluding carboxylic acids is 1. The average Bonchev–Trinajstić information content (AvgIpc) is 2.39. The number of hydrogen-bond donors (Lipinski definition) is 1. The number of allylic oxidation sites excluding steroid dienone is 1. The van der Waals surface area contributed by atoms with E-state index in [1.165, 1.54) is 6.42 Å². The van der Waals surface area contributed by atoms with Crippen LogP contribution in [0.2, 0.25) is 0 Å². The van der Waals surface area contributed by atoms with Gasteiger partial charge in [0.15, 0.2) is 0 Å². The fourth-order valence-electron chi connectivity index (χ4n) is 1.90. The van der Waals surface area contributed by atoms with Crippen LogP contribution < -0.4 is 0 Å². The SMILES string of the molecule is C/C=C(\C=C/C(C)C(=O)O)C(=O)N1CCCCC1. The summed E-state index contributed by atoms with van der Waals surface area (Å²) >= 11 is 0. The van der Waals surface area contributed by atoms with E-state index >= 15 is 0 Å². The highest BCUT2D eigenvalue weighted by Crippen LogP contribution is 2.13. The molecule has 18 heavy (non-hydrogen) atoms. The molecular weight excluding hydrogens is 230 g/mol. The zero-order valence-electron chi connectivity index (χ0n) is 11.1. The molecule has 1 unspecified atom stereocenters. The molecule has 0 spiro atoms. The van der Waals surface area contributed by atoms with Gasteiger partial charge in [0.1, 0.15) is 0 Å². The highest BCUT2D eigenvalue weighted by Gasteiger charge is 2.18. The van der Waals surface area contributed by atoms with E-state index in [-0.39, 0.29) is 5.91 Å². The first-order valence-electron chi connectivity index (χ1n) is 6.43. The molecule has 0 bridgehead atoms. The van der Waals surface area contributed by atoms with E-state index in [4.69, 9.17) is 5.11 Å². The molecule has 0 radical (unpaired) electrons. The molecule has 1 N–H and O–H groups in total. The van der Waals surface area contributed by atoms with Gasteiger partial charge in [-0.25, -0.2) is 0 Å². The van der Waals surface area contributed by atoms with E-state index < -0.39 is 11.9 Å². The molecule has 1 atom stereocenters. The van der Waals surface area contributed by atoms with Gasteiger partial charge in [0, 0.05) is 18.7 Å². The Kier molecular flexibility index (Phi) is 5.62. The van der Waals surface area contributed by atoms with Crippen LogP contribution in [0, 0.1) is 5.92 Å². The van der Waals surface area contributed by atoms with Gasteiger partial charge in [0.2, 0.25) is 0 Å². The second-order valence-electron chi connectivity index (χ2n) is 4.58. The van der Waals surface area contributed by atoms with Crippen molar-refractivity contribution < 1.29 is 14.7 Å². The van der Waals surface area contributed by atoms with Crippen molar-refractivity contribution in [2.75, 3.05) is 13.1 Å². The maximum atomic E-state index is 12.2. The smallest absolute Gasteiger partial charge is 0.310 e. The molecule has 0 saturated carbocycles. The van der Waals surface area contributed by atoms with E-state index in [2.05, 4.69) is 0 Å². The van der Waals surface area contributed by atoms with Crippen LogP contribution in [-0.2, 0) is 9.59 Å². The van der Waals surface area contributed by atoms with Crippen LogP contribution in [0.1, 0.15) is 33.1 Å². The van der Waals surface area contributed by atoms with Gasteiger partial charge in [0.05, 0.1) is 5.92 Å². The number of carboxylic acid groups (broad SMARTS) is 1. The summed E-state index contributed by atoms with van der Waals surface area (Å²) in [5.41, 5.74) is 0.574. The van der Waals surface area contributed by atoms with Crippen molar-refractivity contribution in [3.05, 3.63) is 23.8 Å². The van der Waals surface area contributed by atoms with E-state index in [1.54, 1.807) is 32.1 Å². The predicted molar refractivity (Wildman–Crippen MR) is 70.1 cm³/mol. The summed E-state index contributed by atoms with van der Waals surface area (Å²) in [6.07, 6.45) is 8.20. The molecule has 1 amide bonds. The third-order valence-corrected chi connectivity index (χ3v) is 3.16. The van der Waals surface area contributed by atoms with Gasteiger partial charge in [-0.3, -0.25) is 9.59 Å². The maximum Gasteiger partial charge on any atom is 0.310 e. The number of rotatable bonds is 4. The van der Waals surface area contributed by atoms with E-state index in [1.807, 2.05) is 4.90 Å². The van der Waals surface area contributed by atoms with Crippen molar-refractivity contribution in [2.45, 2.75) is 33.1 Å². The Morgan fingerprint density at radius 2 is 1.83 bits per heavy atom. The average molecular weight is 251 g/mol. The molecule has 1 heterocycles. The fourth-order valence-corrected chi connectivity index (χ4v) is 1.90. The summed E-state index contributed by atoms with van der Waals surface area (Å²) in [7, 11) is 0. The first kappa shape index (κ1) is 14.5. The molecule has 0 aromatic rings. The molecule has 100 valence electrons. The third-order valence-electron chi connectivity index (χ3n) is 3.16. The number of carboxylic acids is 1. The second kappa shape index (κ2) is 6.99. The lowest BCUT2D eigenvalue weighted by atomic mass is 10.1. The number of carbonyl (C=O) groups is 2. The predicted octanol–water partition coefficient (Wildman–Crippen LogP) is 2.22. The zero-order valence-corrected chi connectivity index (χ0v) is 11.1. The Bertz CT molecular complexity index is 365. The van der Waals surface area contributed by atoms with Crippen LogP contribution in [0.4, 0.5) is 0 Å². The minimum atomic E-state index is -0.882. The molecular formula is C14H21NO3. The molecule has 4 nitrogen and oxygen atoms in total. The van der Waals surface area contributed by atoms with Gasteiger partial charge >= 0.3 is 5.97 Å². The Balaban J connectivity index is 2.66. The molecule has 0 aromatic heterocycles. The molecule has 1 rings (SSSR count). The lowest BCUT2D eigenvalue weighted by Gasteiger charge is -2.27. The Morgan fingerprint density at radius 1 is 1.22 bits per heavy atom. The van der Waals surface area contributed by atoms with Crippen molar-refractivity contribution in [3.8, 4) is 0 Å². The summed E-state index contributed by atoms with van der Waals surface area (Å²) < 4.78 is 0. The Labute approximate surface area is 108 Å². The summed E-state index contributed by atoms with van der Waals surface area (Å²) in [4.78, 5) is 24.7. The fraction of sp³-hybridized carbons (Fsp3) is 0.571. The molecule has 1 saturated heterocycles. The summed E-state index contributed by atoms with van der Waals surface area (Å²) in [6.45, 7) is 5.00. The molecule has 4 heteroatoms. The minimum Gasteiger partial charge on any atom is -0.481 e. The van der Waals surface area contributed by atoms with E-state index in [9.17, 15) is 9.59 Å². The van der Waals surface area contributed by atoms with Crippen molar-refractivity contribution in [3.63, 3.8) is 0 Å². The molecule has 0 aliphatic carbocycles. The van der Waals surface area contributed by atoms with Crippen LogP contribution in [0.5, 0.6) is 0 Å². The third kappa shape index (κ3) is 4.02. The number of piperidine rings is 1. The van der Waals surface area contributed by atoms with Crippen molar-refractivity contribution in [2.24, 2.45) is 5.92 Å². The summed E-state index contributed by atoms with van der Waals surface area (Å²) in [5.74, 6) is -1.45. The number of nitrogens with zero attached hydrogens (tertiary/aromatic N) is 1. The molecule has 0 aromatic carbocycles. The van der Waals surface area contributed by atoms with Crippen LogP contribution in [0.15, 0.2) is 23.8 Å². The topological polar surface area (TPSA) is 57.6 Å². The largest absolute Gasteiger partial charge is 0.481 e. The van der Waals surface area contributed by atoms with E-state index in [0.29, 0.717) is 5.57 Å². The highest BCUT2D eigenvalue weighted by atomic mass is 16.4. The van der Waals surface area contributed by atoms with Crippen LogP contribution >= 0.6 is 0 Å². The van der Waals surface area contributed by atoms with Crippen molar-refractivity contribution >= 4 is 11.9 Å². The van der Waals surface area contributed by atoms with Crippen LogP contribution in [0.3, 0.4) is 0 Å². The standard InChI is InChI=1S/C14H21NO3/c1-3-12(8-7-11(2)14(17)18)13(16)15-9-5-4-6-10-15/h3,7-8,11H,4-6,9-10H2,1-2H3,(H,17,18)/b8-7-,12-3+. The van der Waals surface area contributed by atoms with Gasteiger partial charge in [0.25, 0.3) is 5.91 Å². The Morgan fingerprint density at radius 3 is 2.33 bits per heavy atom. The van der Waals surface area contributed by atoms with Gasteiger partial charge in [-0.05, 0) is 33.1 Å². The summed E-state index contributed by atoms with van der Waals surface area (Å²) in [5, 5.41) is 8.79. The zero-order chi connectivity index (χ0) is 13.5. The van der Waals surface area contributed by atoms with Gasteiger partial charge in [-0.15, -0.1) is 0 Å². The van der Waals surface area contributed by atoms with Crippen molar-refractivity contribution in [1.29, 1.82) is 0 Å². The van der Waals surface area contributed by atoms with Gasteiger partial charge in [-0.1, -0.05) is 18.2 Å². The molecule has 1 fully saturated rings. The number of hydrogen-bond acceptors (Lipinski definition) is 2. The quantitative estimate of drug-likeness (QED) is 0.615.